The van der Waals surface area contributed by atoms with E-state index in [-0.39, 0.29) is 12.0 Å². The normalized spacial score (nSPS) is 11.0. The zero-order valence-corrected chi connectivity index (χ0v) is 17.4. The molecule has 2 heterocycles. The number of para-hydroxylation sites is 1. The summed E-state index contributed by atoms with van der Waals surface area (Å²) in [5.41, 5.74) is 3.91. The Morgan fingerprint density at radius 3 is 2.55 bits per heavy atom. The Labute approximate surface area is 170 Å². The van der Waals surface area contributed by atoms with Gasteiger partial charge in [-0.15, -0.1) is 0 Å². The Hall–Kier alpha value is -3.35. The van der Waals surface area contributed by atoms with Gasteiger partial charge in [-0.05, 0) is 45.4 Å². The Morgan fingerprint density at radius 1 is 1.21 bits per heavy atom. The van der Waals surface area contributed by atoms with Gasteiger partial charge >= 0.3 is 5.97 Å². The van der Waals surface area contributed by atoms with Gasteiger partial charge in [-0.1, -0.05) is 18.2 Å². The number of aromatic nitrogens is 3. The Morgan fingerprint density at radius 2 is 1.90 bits per heavy atom. The lowest BCUT2D eigenvalue weighted by Crippen LogP contribution is -2.27. The van der Waals surface area contributed by atoms with E-state index in [0.29, 0.717) is 29.1 Å². The van der Waals surface area contributed by atoms with Gasteiger partial charge in [0, 0.05) is 31.0 Å². The molecule has 0 aliphatic rings. The lowest BCUT2D eigenvalue weighted by molar-refractivity contribution is 0.0376. The molecule has 152 valence electrons. The molecule has 0 bridgehead atoms. The maximum Gasteiger partial charge on any atom is 0.340 e. The standard InChI is InChI=1S/C22H26N4O3/c1-14(2)29-22(28)19-15(3)20(24-16(19)4)21(27)25(5)12-17-11-23-26(13-17)18-9-7-6-8-10-18/h6-11,13-14,24H,12H2,1-5H3. The van der Waals surface area contributed by atoms with Crippen LogP contribution in [0.1, 0.15) is 51.5 Å². The molecule has 1 N–H and O–H groups in total. The molecule has 3 aromatic rings. The molecule has 0 saturated heterocycles. The summed E-state index contributed by atoms with van der Waals surface area (Å²) in [6, 6.07) is 9.78. The Bertz CT molecular complexity index is 1020. The van der Waals surface area contributed by atoms with E-state index in [1.54, 1.807) is 50.5 Å². The van der Waals surface area contributed by atoms with Gasteiger partial charge < -0.3 is 14.6 Å². The first-order valence-corrected chi connectivity index (χ1v) is 9.52. The summed E-state index contributed by atoms with van der Waals surface area (Å²) in [4.78, 5) is 30.0. The quantitative estimate of drug-likeness (QED) is 0.647. The highest BCUT2D eigenvalue weighted by molar-refractivity contribution is 6.00. The highest BCUT2D eigenvalue weighted by Gasteiger charge is 2.25. The fraction of sp³-hybridized carbons (Fsp3) is 0.318. The number of carbonyl (C=O) groups excluding carboxylic acids is 2. The minimum atomic E-state index is -0.419. The van der Waals surface area contributed by atoms with E-state index in [2.05, 4.69) is 10.1 Å². The first kappa shape index (κ1) is 20.4. The summed E-state index contributed by atoms with van der Waals surface area (Å²) < 4.78 is 7.07. The van der Waals surface area contributed by atoms with Crippen LogP contribution in [-0.4, -0.2) is 44.7 Å². The predicted octanol–water partition coefficient (Wildman–Crippen LogP) is 3.65. The molecule has 0 unspecified atom stereocenters. The van der Waals surface area contributed by atoms with E-state index < -0.39 is 5.97 Å². The van der Waals surface area contributed by atoms with Crippen LogP contribution in [0.2, 0.25) is 0 Å². The predicted molar refractivity (Wildman–Crippen MR) is 110 cm³/mol. The number of hydrogen-bond donors (Lipinski definition) is 1. The Balaban J connectivity index is 1.76. The van der Waals surface area contributed by atoms with Gasteiger partial charge in [0.05, 0.1) is 23.6 Å². The zero-order valence-electron chi connectivity index (χ0n) is 17.4. The zero-order chi connectivity index (χ0) is 21.1. The van der Waals surface area contributed by atoms with Gasteiger partial charge in [0.15, 0.2) is 0 Å². The van der Waals surface area contributed by atoms with Crippen LogP contribution >= 0.6 is 0 Å². The molecule has 0 saturated carbocycles. The highest BCUT2D eigenvalue weighted by atomic mass is 16.5. The smallest absolute Gasteiger partial charge is 0.340 e. The third-order valence-corrected chi connectivity index (χ3v) is 4.62. The van der Waals surface area contributed by atoms with Crippen molar-refractivity contribution in [1.29, 1.82) is 0 Å². The summed E-state index contributed by atoms with van der Waals surface area (Å²) >= 11 is 0. The molecule has 0 aliphatic heterocycles. The molecular weight excluding hydrogens is 368 g/mol. The number of aromatic amines is 1. The second-order valence-electron chi connectivity index (χ2n) is 7.37. The van der Waals surface area contributed by atoms with Crippen molar-refractivity contribution in [3.05, 3.63) is 70.8 Å². The maximum atomic E-state index is 13.0. The third-order valence-electron chi connectivity index (χ3n) is 4.62. The number of ether oxygens (including phenoxy) is 1. The van der Waals surface area contributed by atoms with Crippen molar-refractivity contribution in [3.8, 4) is 5.69 Å². The molecule has 0 atom stereocenters. The molecule has 7 heteroatoms. The van der Waals surface area contributed by atoms with Crippen molar-refractivity contribution in [2.24, 2.45) is 0 Å². The topological polar surface area (TPSA) is 80.2 Å². The van der Waals surface area contributed by atoms with Gasteiger partial charge in [-0.2, -0.15) is 5.10 Å². The van der Waals surface area contributed by atoms with Crippen molar-refractivity contribution in [2.75, 3.05) is 7.05 Å². The van der Waals surface area contributed by atoms with Crippen molar-refractivity contribution in [3.63, 3.8) is 0 Å². The van der Waals surface area contributed by atoms with Crippen molar-refractivity contribution in [1.82, 2.24) is 19.7 Å². The fourth-order valence-corrected chi connectivity index (χ4v) is 3.24. The molecule has 2 aromatic heterocycles. The summed E-state index contributed by atoms with van der Waals surface area (Å²) in [6.07, 6.45) is 3.42. The summed E-state index contributed by atoms with van der Waals surface area (Å²) in [5.74, 6) is -0.612. The number of rotatable bonds is 6. The number of aryl methyl sites for hydroxylation is 1. The van der Waals surface area contributed by atoms with Crippen LogP contribution < -0.4 is 0 Å². The monoisotopic (exact) mass is 394 g/mol. The first-order valence-electron chi connectivity index (χ1n) is 9.52. The average molecular weight is 394 g/mol. The molecule has 29 heavy (non-hydrogen) atoms. The molecule has 0 radical (unpaired) electrons. The molecule has 0 aliphatic carbocycles. The number of hydrogen-bond acceptors (Lipinski definition) is 4. The highest BCUT2D eigenvalue weighted by Crippen LogP contribution is 2.21. The van der Waals surface area contributed by atoms with Gasteiger partial charge in [0.2, 0.25) is 0 Å². The molecule has 0 spiro atoms. The van der Waals surface area contributed by atoms with Gasteiger partial charge in [-0.3, -0.25) is 4.79 Å². The number of H-pyrrole nitrogens is 1. The fourth-order valence-electron chi connectivity index (χ4n) is 3.24. The van der Waals surface area contributed by atoms with E-state index in [9.17, 15) is 9.59 Å². The van der Waals surface area contributed by atoms with Crippen LogP contribution in [-0.2, 0) is 11.3 Å². The lowest BCUT2D eigenvalue weighted by atomic mass is 10.1. The summed E-state index contributed by atoms with van der Waals surface area (Å²) in [7, 11) is 1.73. The van der Waals surface area contributed by atoms with E-state index >= 15 is 0 Å². The van der Waals surface area contributed by atoms with Crippen molar-refractivity contribution >= 4 is 11.9 Å². The number of esters is 1. The molecule has 3 rings (SSSR count). The van der Waals surface area contributed by atoms with Crippen LogP contribution in [0.5, 0.6) is 0 Å². The molecule has 1 amide bonds. The molecular formula is C22H26N4O3. The maximum absolute atomic E-state index is 13.0. The number of nitrogens with zero attached hydrogens (tertiary/aromatic N) is 3. The van der Waals surface area contributed by atoms with Crippen LogP contribution in [0.4, 0.5) is 0 Å². The van der Waals surface area contributed by atoms with E-state index in [0.717, 1.165) is 11.3 Å². The van der Waals surface area contributed by atoms with Gasteiger partial charge in [0.25, 0.3) is 5.91 Å². The van der Waals surface area contributed by atoms with Crippen LogP contribution in [0.3, 0.4) is 0 Å². The van der Waals surface area contributed by atoms with Crippen LogP contribution in [0.25, 0.3) is 5.69 Å². The first-order chi connectivity index (χ1) is 13.8. The van der Waals surface area contributed by atoms with Crippen LogP contribution in [0.15, 0.2) is 42.7 Å². The van der Waals surface area contributed by atoms with Crippen LogP contribution in [0, 0.1) is 13.8 Å². The van der Waals surface area contributed by atoms with Crippen molar-refractivity contribution < 1.29 is 14.3 Å². The number of nitrogens with one attached hydrogen (secondary N) is 1. The second-order valence-corrected chi connectivity index (χ2v) is 7.37. The second kappa shape index (κ2) is 8.34. The summed E-state index contributed by atoms with van der Waals surface area (Å²) in [6.45, 7) is 7.52. The van der Waals surface area contributed by atoms with E-state index in [1.165, 1.54) is 0 Å². The van der Waals surface area contributed by atoms with E-state index in [1.807, 2.05) is 36.5 Å². The van der Waals surface area contributed by atoms with Gasteiger partial charge in [0.1, 0.15) is 5.69 Å². The number of amides is 1. The largest absolute Gasteiger partial charge is 0.459 e. The summed E-state index contributed by atoms with van der Waals surface area (Å²) in [5, 5.41) is 4.37. The SMILES string of the molecule is Cc1[nH]c(C(=O)N(C)Cc2cnn(-c3ccccc3)c2)c(C)c1C(=O)OC(C)C. The number of carbonyl (C=O) groups is 2. The average Bonchev–Trinajstić information content (AvgIpc) is 3.25. The lowest BCUT2D eigenvalue weighted by Gasteiger charge is -2.16. The van der Waals surface area contributed by atoms with Crippen molar-refractivity contribution in [2.45, 2.75) is 40.3 Å². The molecule has 7 nitrogen and oxygen atoms in total. The number of benzene rings is 1. The van der Waals surface area contributed by atoms with Gasteiger partial charge in [-0.25, -0.2) is 9.48 Å². The molecule has 0 fully saturated rings. The minimum absolute atomic E-state index is 0.193. The minimum Gasteiger partial charge on any atom is -0.459 e. The van der Waals surface area contributed by atoms with E-state index in [4.69, 9.17) is 4.74 Å². The molecule has 1 aromatic carbocycles. The third kappa shape index (κ3) is 4.39. The Kier molecular flexibility index (Phi) is 5.87.